The monoisotopic (exact) mass is 198 g/mol. The van der Waals surface area contributed by atoms with Gasteiger partial charge in [0.1, 0.15) is 5.82 Å². The van der Waals surface area contributed by atoms with Crippen LogP contribution < -0.4 is 10.2 Å². The third kappa shape index (κ3) is 1.62. The maximum Gasteiger partial charge on any atom is 0.323 e. The molecule has 13 heavy (non-hydrogen) atoms. The summed E-state index contributed by atoms with van der Waals surface area (Å²) < 4.78 is 4.04. The summed E-state index contributed by atoms with van der Waals surface area (Å²) in [5.41, 5.74) is 0. The molecular formula is C7H10N4OS. The van der Waals surface area contributed by atoms with Crippen molar-refractivity contribution in [2.45, 2.75) is 13.3 Å². The first-order valence-corrected chi connectivity index (χ1v) is 4.90. The van der Waals surface area contributed by atoms with Gasteiger partial charge in [-0.25, -0.2) is 9.78 Å². The van der Waals surface area contributed by atoms with E-state index in [0.29, 0.717) is 5.13 Å². The molecule has 2 heterocycles. The van der Waals surface area contributed by atoms with Crippen molar-refractivity contribution < 1.29 is 4.79 Å². The van der Waals surface area contributed by atoms with E-state index in [9.17, 15) is 4.79 Å². The SMILES string of the molecule is Cc1nsc(N2CCCNC2=O)n1. The lowest BCUT2D eigenvalue weighted by molar-refractivity contribution is 0.243. The predicted molar refractivity (Wildman–Crippen MR) is 50.0 cm³/mol. The van der Waals surface area contributed by atoms with Crippen molar-refractivity contribution in [2.24, 2.45) is 0 Å². The molecule has 70 valence electrons. The van der Waals surface area contributed by atoms with Crippen LogP contribution in [0.5, 0.6) is 0 Å². The van der Waals surface area contributed by atoms with Gasteiger partial charge in [0.15, 0.2) is 0 Å². The Morgan fingerprint density at radius 2 is 2.46 bits per heavy atom. The minimum absolute atomic E-state index is 0.0672. The molecule has 0 unspecified atom stereocenters. The lowest BCUT2D eigenvalue weighted by Crippen LogP contribution is -2.46. The van der Waals surface area contributed by atoms with Crippen molar-refractivity contribution in [3.05, 3.63) is 5.82 Å². The maximum absolute atomic E-state index is 11.4. The highest BCUT2D eigenvalue weighted by Gasteiger charge is 2.21. The zero-order chi connectivity index (χ0) is 9.26. The zero-order valence-corrected chi connectivity index (χ0v) is 8.10. The van der Waals surface area contributed by atoms with Crippen molar-refractivity contribution in [3.63, 3.8) is 0 Å². The number of carbonyl (C=O) groups is 1. The van der Waals surface area contributed by atoms with Crippen LogP contribution in [0, 0.1) is 6.92 Å². The molecule has 0 atom stereocenters. The van der Waals surface area contributed by atoms with E-state index in [1.165, 1.54) is 11.5 Å². The van der Waals surface area contributed by atoms with Gasteiger partial charge in [-0.15, -0.1) is 0 Å². The van der Waals surface area contributed by atoms with E-state index >= 15 is 0 Å². The zero-order valence-electron chi connectivity index (χ0n) is 7.28. The van der Waals surface area contributed by atoms with E-state index in [1.807, 2.05) is 6.92 Å². The molecule has 1 aliphatic rings. The first-order chi connectivity index (χ1) is 6.27. The van der Waals surface area contributed by atoms with Crippen molar-refractivity contribution in [3.8, 4) is 0 Å². The van der Waals surface area contributed by atoms with Crippen molar-refractivity contribution in [1.82, 2.24) is 14.7 Å². The fraction of sp³-hybridized carbons (Fsp3) is 0.571. The molecule has 2 amide bonds. The molecule has 1 fully saturated rings. The van der Waals surface area contributed by atoms with Crippen LogP contribution in [0.2, 0.25) is 0 Å². The summed E-state index contributed by atoms with van der Waals surface area (Å²) in [5.74, 6) is 0.721. The summed E-state index contributed by atoms with van der Waals surface area (Å²) in [6, 6.07) is -0.0672. The Labute approximate surface area is 79.9 Å². The molecule has 5 nitrogen and oxygen atoms in total. The Bertz CT molecular complexity index is 324. The fourth-order valence-electron chi connectivity index (χ4n) is 1.21. The second-order valence-electron chi connectivity index (χ2n) is 2.86. The van der Waals surface area contributed by atoms with Gasteiger partial charge in [-0.1, -0.05) is 0 Å². The smallest absolute Gasteiger partial charge is 0.323 e. The minimum atomic E-state index is -0.0672. The average molecular weight is 198 g/mol. The first-order valence-electron chi connectivity index (χ1n) is 4.13. The third-order valence-electron chi connectivity index (χ3n) is 1.83. The molecule has 1 aromatic heterocycles. The number of nitrogens with one attached hydrogen (secondary N) is 1. The van der Waals surface area contributed by atoms with Gasteiger partial charge in [-0.3, -0.25) is 4.90 Å². The van der Waals surface area contributed by atoms with Crippen LogP contribution in [-0.4, -0.2) is 28.5 Å². The Balaban J connectivity index is 2.19. The van der Waals surface area contributed by atoms with Gasteiger partial charge >= 0.3 is 6.03 Å². The number of aromatic nitrogens is 2. The summed E-state index contributed by atoms with van der Waals surface area (Å²) in [5, 5.41) is 3.46. The number of carbonyl (C=O) groups excluding carboxylic acids is 1. The second kappa shape index (κ2) is 3.29. The lowest BCUT2D eigenvalue weighted by atomic mass is 10.3. The molecule has 2 rings (SSSR count). The quantitative estimate of drug-likeness (QED) is 0.725. The van der Waals surface area contributed by atoms with E-state index in [2.05, 4.69) is 14.7 Å². The summed E-state index contributed by atoms with van der Waals surface area (Å²) >= 11 is 1.26. The van der Waals surface area contributed by atoms with E-state index in [0.717, 1.165) is 25.3 Å². The van der Waals surface area contributed by atoms with E-state index in [-0.39, 0.29) is 6.03 Å². The first kappa shape index (κ1) is 8.43. The number of hydrogen-bond acceptors (Lipinski definition) is 4. The van der Waals surface area contributed by atoms with Gasteiger partial charge in [0.05, 0.1) is 0 Å². The van der Waals surface area contributed by atoms with Crippen LogP contribution in [0.15, 0.2) is 0 Å². The molecule has 0 aromatic carbocycles. The Kier molecular flexibility index (Phi) is 2.13. The minimum Gasteiger partial charge on any atom is -0.338 e. The molecular weight excluding hydrogens is 188 g/mol. The molecule has 1 aliphatic heterocycles. The number of nitrogens with zero attached hydrogens (tertiary/aromatic N) is 3. The second-order valence-corrected chi connectivity index (χ2v) is 3.59. The van der Waals surface area contributed by atoms with Gasteiger partial charge in [0.2, 0.25) is 5.13 Å². The largest absolute Gasteiger partial charge is 0.338 e. The molecule has 0 bridgehead atoms. The van der Waals surface area contributed by atoms with E-state index in [1.54, 1.807) is 4.90 Å². The Morgan fingerprint density at radius 3 is 3.08 bits per heavy atom. The van der Waals surface area contributed by atoms with Crippen LogP contribution in [0.1, 0.15) is 12.2 Å². The van der Waals surface area contributed by atoms with Crippen molar-refractivity contribution >= 4 is 22.7 Å². The highest BCUT2D eigenvalue weighted by atomic mass is 32.1. The molecule has 6 heteroatoms. The molecule has 1 saturated heterocycles. The van der Waals surface area contributed by atoms with Crippen LogP contribution in [0.4, 0.5) is 9.93 Å². The topological polar surface area (TPSA) is 58.1 Å². The number of aryl methyl sites for hydroxylation is 1. The molecule has 0 saturated carbocycles. The number of urea groups is 1. The number of rotatable bonds is 1. The summed E-state index contributed by atoms with van der Waals surface area (Å²) in [7, 11) is 0. The standard InChI is InChI=1S/C7H10N4OS/c1-5-9-7(13-10-5)11-4-2-3-8-6(11)12/h2-4H2,1H3,(H,8,12). The summed E-state index contributed by atoms with van der Waals surface area (Å²) in [6.45, 7) is 3.31. The van der Waals surface area contributed by atoms with Crippen LogP contribution in [0.3, 0.4) is 0 Å². The van der Waals surface area contributed by atoms with Gasteiger partial charge in [0.25, 0.3) is 0 Å². The summed E-state index contributed by atoms with van der Waals surface area (Å²) in [6.07, 6.45) is 0.963. The normalized spacial score (nSPS) is 17.3. The highest BCUT2D eigenvalue weighted by Crippen LogP contribution is 2.18. The highest BCUT2D eigenvalue weighted by molar-refractivity contribution is 7.09. The number of hydrogen-bond donors (Lipinski definition) is 1. The van der Waals surface area contributed by atoms with Crippen molar-refractivity contribution in [2.75, 3.05) is 18.0 Å². The van der Waals surface area contributed by atoms with Gasteiger partial charge in [-0.05, 0) is 13.3 Å². The molecule has 1 N–H and O–H groups in total. The maximum atomic E-state index is 11.4. The number of amides is 2. The lowest BCUT2D eigenvalue weighted by Gasteiger charge is -2.24. The fourth-order valence-corrected chi connectivity index (χ4v) is 1.91. The van der Waals surface area contributed by atoms with Crippen LogP contribution in [-0.2, 0) is 0 Å². The molecule has 1 aromatic rings. The van der Waals surface area contributed by atoms with E-state index < -0.39 is 0 Å². The van der Waals surface area contributed by atoms with Crippen LogP contribution in [0.25, 0.3) is 0 Å². The number of anilines is 1. The van der Waals surface area contributed by atoms with Gasteiger partial charge in [-0.2, -0.15) is 4.37 Å². The van der Waals surface area contributed by atoms with Gasteiger partial charge < -0.3 is 5.32 Å². The van der Waals surface area contributed by atoms with Gasteiger partial charge in [0, 0.05) is 24.6 Å². The Morgan fingerprint density at radius 1 is 1.62 bits per heavy atom. The van der Waals surface area contributed by atoms with E-state index in [4.69, 9.17) is 0 Å². The molecule has 0 radical (unpaired) electrons. The molecule has 0 aliphatic carbocycles. The Hall–Kier alpha value is -1.17. The molecule has 0 spiro atoms. The van der Waals surface area contributed by atoms with Crippen LogP contribution >= 0.6 is 11.5 Å². The average Bonchev–Trinajstić information content (AvgIpc) is 2.53. The van der Waals surface area contributed by atoms with Crippen molar-refractivity contribution in [1.29, 1.82) is 0 Å². The third-order valence-corrected chi connectivity index (χ3v) is 2.66. The summed E-state index contributed by atoms with van der Waals surface area (Å²) in [4.78, 5) is 17.1. The predicted octanol–water partition coefficient (Wildman–Crippen LogP) is 0.766.